The molecule has 0 aliphatic carbocycles. The first kappa shape index (κ1) is 15.5. The predicted octanol–water partition coefficient (Wildman–Crippen LogP) is 3.48. The van der Waals surface area contributed by atoms with Crippen molar-refractivity contribution in [2.75, 3.05) is 4.90 Å². The van der Waals surface area contributed by atoms with Crippen molar-refractivity contribution in [1.29, 1.82) is 0 Å². The van der Waals surface area contributed by atoms with E-state index < -0.39 is 6.04 Å². The minimum atomic E-state index is -0.521. The van der Waals surface area contributed by atoms with Gasteiger partial charge in [-0.1, -0.05) is 29.3 Å². The third-order valence-corrected chi connectivity index (χ3v) is 4.67. The number of amides is 2. The molecule has 2 aromatic rings. The number of nitrogens with one attached hydrogen (secondary N) is 1. The molecule has 0 spiro atoms. The standard InChI is InChI=1S/C15H12Cl2N2O2S/c16-9-4-10(17)6-11(5-9)19-14(20)7-13(15(19)21)18-8-12-2-1-3-22-12/h1-6,13,18H,7-8H2. The van der Waals surface area contributed by atoms with Crippen LogP contribution in [0.2, 0.25) is 10.0 Å². The monoisotopic (exact) mass is 354 g/mol. The smallest absolute Gasteiger partial charge is 0.251 e. The van der Waals surface area contributed by atoms with Gasteiger partial charge in [-0.3, -0.25) is 9.59 Å². The molecule has 2 amide bonds. The summed E-state index contributed by atoms with van der Waals surface area (Å²) in [6.45, 7) is 0.561. The van der Waals surface area contributed by atoms with E-state index in [4.69, 9.17) is 23.2 Å². The number of halogens is 2. The Morgan fingerprint density at radius 3 is 2.59 bits per heavy atom. The molecular weight excluding hydrogens is 343 g/mol. The number of rotatable bonds is 4. The maximum Gasteiger partial charge on any atom is 0.251 e. The number of hydrogen-bond donors (Lipinski definition) is 1. The number of thiophene rings is 1. The average Bonchev–Trinajstić information content (AvgIpc) is 3.04. The van der Waals surface area contributed by atoms with Gasteiger partial charge in [0.15, 0.2) is 0 Å². The van der Waals surface area contributed by atoms with Crippen LogP contribution in [0.3, 0.4) is 0 Å². The second-order valence-electron chi connectivity index (χ2n) is 4.91. The third kappa shape index (κ3) is 3.17. The number of imide groups is 1. The average molecular weight is 355 g/mol. The summed E-state index contributed by atoms with van der Waals surface area (Å²) in [5.74, 6) is -0.535. The fraction of sp³-hybridized carbons (Fsp3) is 0.200. The van der Waals surface area contributed by atoms with Crippen LogP contribution in [-0.2, 0) is 16.1 Å². The van der Waals surface area contributed by atoms with E-state index in [-0.39, 0.29) is 18.2 Å². The lowest BCUT2D eigenvalue weighted by Gasteiger charge is -2.16. The van der Waals surface area contributed by atoms with Gasteiger partial charge in [0.25, 0.3) is 5.91 Å². The Hall–Kier alpha value is -1.40. The van der Waals surface area contributed by atoms with Crippen molar-refractivity contribution in [2.45, 2.75) is 19.0 Å². The Labute approximate surface area is 141 Å². The van der Waals surface area contributed by atoms with Crippen LogP contribution >= 0.6 is 34.5 Å². The van der Waals surface area contributed by atoms with Gasteiger partial charge in [-0.05, 0) is 29.6 Å². The van der Waals surface area contributed by atoms with Crippen molar-refractivity contribution < 1.29 is 9.59 Å². The van der Waals surface area contributed by atoms with Crippen LogP contribution in [-0.4, -0.2) is 17.9 Å². The summed E-state index contributed by atoms with van der Waals surface area (Å²) in [5, 5.41) is 5.87. The van der Waals surface area contributed by atoms with Gasteiger partial charge in [0.05, 0.1) is 18.2 Å². The molecule has 3 rings (SSSR count). The first-order chi connectivity index (χ1) is 10.5. The molecule has 4 nitrogen and oxygen atoms in total. The Bertz CT molecular complexity index is 698. The highest BCUT2D eigenvalue weighted by Gasteiger charge is 2.39. The summed E-state index contributed by atoms with van der Waals surface area (Å²) >= 11 is 13.5. The fourth-order valence-electron chi connectivity index (χ4n) is 2.37. The summed E-state index contributed by atoms with van der Waals surface area (Å²) in [6.07, 6.45) is 0.133. The van der Waals surface area contributed by atoms with Gasteiger partial charge >= 0.3 is 0 Å². The van der Waals surface area contributed by atoms with E-state index in [0.717, 1.165) is 9.78 Å². The van der Waals surface area contributed by atoms with Gasteiger partial charge in [-0.2, -0.15) is 0 Å². The zero-order valence-electron chi connectivity index (χ0n) is 11.4. The number of carbonyl (C=O) groups excluding carboxylic acids is 2. The van der Waals surface area contributed by atoms with Crippen LogP contribution in [0, 0.1) is 0 Å². The third-order valence-electron chi connectivity index (χ3n) is 3.35. The van der Waals surface area contributed by atoms with Gasteiger partial charge in [0.2, 0.25) is 5.91 Å². The molecule has 1 aliphatic rings. The predicted molar refractivity (Wildman–Crippen MR) is 88.5 cm³/mol. The van der Waals surface area contributed by atoms with Gasteiger partial charge < -0.3 is 5.32 Å². The van der Waals surface area contributed by atoms with Crippen LogP contribution in [0.15, 0.2) is 35.7 Å². The molecule has 22 heavy (non-hydrogen) atoms. The second kappa shape index (κ2) is 6.38. The van der Waals surface area contributed by atoms with E-state index in [1.54, 1.807) is 29.5 Å². The zero-order chi connectivity index (χ0) is 15.7. The Morgan fingerprint density at radius 2 is 1.95 bits per heavy atom. The topological polar surface area (TPSA) is 49.4 Å². The number of anilines is 1. The normalized spacial score (nSPS) is 18.3. The molecule has 7 heteroatoms. The maximum absolute atomic E-state index is 12.5. The van der Waals surface area contributed by atoms with E-state index in [0.29, 0.717) is 22.3 Å². The highest BCUT2D eigenvalue weighted by Crippen LogP contribution is 2.29. The van der Waals surface area contributed by atoms with E-state index >= 15 is 0 Å². The number of benzene rings is 1. The first-order valence-electron chi connectivity index (χ1n) is 6.63. The molecule has 0 radical (unpaired) electrons. The van der Waals surface area contributed by atoms with Crippen LogP contribution in [0.4, 0.5) is 5.69 Å². The molecule has 114 valence electrons. The fourth-order valence-corrected chi connectivity index (χ4v) is 3.54. The van der Waals surface area contributed by atoms with Crippen LogP contribution in [0.5, 0.6) is 0 Å². The second-order valence-corrected chi connectivity index (χ2v) is 6.82. The van der Waals surface area contributed by atoms with E-state index in [2.05, 4.69) is 5.32 Å². The van der Waals surface area contributed by atoms with Gasteiger partial charge in [-0.15, -0.1) is 11.3 Å². The first-order valence-corrected chi connectivity index (χ1v) is 8.27. The number of nitrogens with zero attached hydrogens (tertiary/aromatic N) is 1. The summed E-state index contributed by atoms with van der Waals surface area (Å²) in [6, 6.07) is 8.09. The highest BCUT2D eigenvalue weighted by molar-refractivity contribution is 7.09. The van der Waals surface area contributed by atoms with Crippen molar-refractivity contribution >= 4 is 52.0 Å². The van der Waals surface area contributed by atoms with Crippen molar-refractivity contribution in [3.8, 4) is 0 Å². The molecule has 1 atom stereocenters. The lowest BCUT2D eigenvalue weighted by Crippen LogP contribution is -2.38. The minimum absolute atomic E-state index is 0.133. The summed E-state index contributed by atoms with van der Waals surface area (Å²) < 4.78 is 0. The van der Waals surface area contributed by atoms with Crippen molar-refractivity contribution in [3.63, 3.8) is 0 Å². The largest absolute Gasteiger partial charge is 0.300 e. The van der Waals surface area contributed by atoms with E-state index in [9.17, 15) is 9.59 Å². The van der Waals surface area contributed by atoms with Gasteiger partial charge in [-0.25, -0.2) is 4.90 Å². The van der Waals surface area contributed by atoms with Crippen molar-refractivity contribution in [3.05, 3.63) is 50.6 Å². The van der Waals surface area contributed by atoms with E-state index in [1.165, 1.54) is 0 Å². The molecule has 1 aromatic heterocycles. The molecule has 1 fully saturated rings. The Morgan fingerprint density at radius 1 is 1.23 bits per heavy atom. The van der Waals surface area contributed by atoms with E-state index in [1.807, 2.05) is 17.5 Å². The SMILES string of the molecule is O=C1CC(NCc2cccs2)C(=O)N1c1cc(Cl)cc(Cl)c1. The lowest BCUT2D eigenvalue weighted by atomic mass is 10.2. The van der Waals surface area contributed by atoms with Crippen LogP contribution in [0.1, 0.15) is 11.3 Å². The Balaban J connectivity index is 1.76. The summed E-state index contributed by atoms with van der Waals surface area (Å²) in [4.78, 5) is 26.9. The molecule has 2 heterocycles. The molecule has 0 bridgehead atoms. The van der Waals surface area contributed by atoms with Crippen molar-refractivity contribution in [1.82, 2.24) is 5.32 Å². The highest BCUT2D eigenvalue weighted by atomic mass is 35.5. The summed E-state index contributed by atoms with van der Waals surface area (Å²) in [7, 11) is 0. The zero-order valence-corrected chi connectivity index (χ0v) is 13.7. The molecule has 1 saturated heterocycles. The molecule has 1 N–H and O–H groups in total. The van der Waals surface area contributed by atoms with Gasteiger partial charge in [0.1, 0.15) is 0 Å². The molecular formula is C15H12Cl2N2O2S. The maximum atomic E-state index is 12.5. The molecule has 1 aromatic carbocycles. The lowest BCUT2D eigenvalue weighted by molar-refractivity contribution is -0.121. The van der Waals surface area contributed by atoms with Crippen LogP contribution in [0.25, 0.3) is 0 Å². The van der Waals surface area contributed by atoms with Gasteiger partial charge in [0, 0.05) is 21.5 Å². The number of hydrogen-bond acceptors (Lipinski definition) is 4. The van der Waals surface area contributed by atoms with Crippen LogP contribution < -0.4 is 10.2 Å². The summed E-state index contributed by atoms with van der Waals surface area (Å²) in [5.41, 5.74) is 0.410. The molecule has 0 saturated carbocycles. The quantitative estimate of drug-likeness (QED) is 0.855. The van der Waals surface area contributed by atoms with Crippen molar-refractivity contribution in [2.24, 2.45) is 0 Å². The molecule has 1 unspecified atom stereocenters. The minimum Gasteiger partial charge on any atom is -0.300 e. The Kier molecular flexibility index (Phi) is 4.49. The molecule has 1 aliphatic heterocycles. The number of carbonyl (C=O) groups is 2.